The van der Waals surface area contributed by atoms with Crippen LogP contribution in [0.1, 0.15) is 16.1 Å². The molecule has 0 atom stereocenters. The lowest BCUT2D eigenvalue weighted by atomic mass is 10.1. The van der Waals surface area contributed by atoms with Gasteiger partial charge in [0.1, 0.15) is 0 Å². The summed E-state index contributed by atoms with van der Waals surface area (Å²) in [6.45, 7) is 0.530. The van der Waals surface area contributed by atoms with Crippen molar-refractivity contribution in [3.63, 3.8) is 0 Å². The van der Waals surface area contributed by atoms with Crippen LogP contribution in [0, 0.1) is 0 Å². The van der Waals surface area contributed by atoms with Crippen LogP contribution in [0.15, 0.2) is 66.7 Å². The highest BCUT2D eigenvalue weighted by atomic mass is 35.5. The highest BCUT2D eigenvalue weighted by molar-refractivity contribution is 6.30. The number of nitrogens with one attached hydrogen (secondary N) is 1. The Morgan fingerprint density at radius 3 is 2.33 bits per heavy atom. The Kier molecular flexibility index (Phi) is 5.18. The molecule has 0 bridgehead atoms. The topological polar surface area (TPSA) is 54.9 Å². The highest BCUT2D eigenvalue weighted by Crippen LogP contribution is 2.15. The first-order valence-electron chi connectivity index (χ1n) is 7.64. The molecule has 2 aromatic carbocycles. The van der Waals surface area contributed by atoms with Gasteiger partial charge in [0.05, 0.1) is 5.69 Å². The largest absolute Gasteiger partial charge is 0.350 e. The Morgan fingerprint density at radius 2 is 1.67 bits per heavy atom. The van der Waals surface area contributed by atoms with Crippen LogP contribution in [0.5, 0.6) is 0 Å². The molecule has 1 aromatic heterocycles. The van der Waals surface area contributed by atoms with E-state index in [2.05, 4.69) is 15.5 Å². The van der Waals surface area contributed by atoms with Gasteiger partial charge in [-0.15, -0.1) is 10.2 Å². The Morgan fingerprint density at radius 1 is 0.917 bits per heavy atom. The van der Waals surface area contributed by atoms with E-state index in [-0.39, 0.29) is 5.91 Å². The minimum atomic E-state index is -0.226. The standard InChI is InChI=1S/C19H16ClN3O/c20-16-8-6-14(7-9-16)12-13-21-19(24)18-11-10-17(22-23-18)15-4-2-1-3-5-15/h1-11H,12-13H2,(H,21,24). The normalized spacial score (nSPS) is 10.4. The third-order valence-corrected chi connectivity index (χ3v) is 3.83. The fraction of sp³-hybridized carbons (Fsp3) is 0.105. The molecule has 3 rings (SSSR count). The molecule has 0 aliphatic heterocycles. The van der Waals surface area contributed by atoms with Gasteiger partial charge >= 0.3 is 0 Å². The number of hydrogen-bond donors (Lipinski definition) is 1. The van der Waals surface area contributed by atoms with E-state index in [1.807, 2.05) is 54.6 Å². The summed E-state index contributed by atoms with van der Waals surface area (Å²) in [5.74, 6) is -0.226. The second-order valence-corrected chi connectivity index (χ2v) is 5.74. The zero-order valence-corrected chi connectivity index (χ0v) is 13.7. The summed E-state index contributed by atoms with van der Waals surface area (Å²) in [5, 5.41) is 11.7. The minimum absolute atomic E-state index is 0.226. The van der Waals surface area contributed by atoms with Gasteiger partial charge in [-0.3, -0.25) is 4.79 Å². The number of nitrogens with zero attached hydrogens (tertiary/aromatic N) is 2. The molecule has 0 aliphatic rings. The van der Waals surface area contributed by atoms with Crippen LogP contribution in [0.25, 0.3) is 11.3 Å². The Hall–Kier alpha value is -2.72. The van der Waals surface area contributed by atoms with Crippen LogP contribution in [0.2, 0.25) is 5.02 Å². The van der Waals surface area contributed by atoms with Crippen molar-refractivity contribution in [2.45, 2.75) is 6.42 Å². The maximum Gasteiger partial charge on any atom is 0.271 e. The van der Waals surface area contributed by atoms with Crippen molar-refractivity contribution in [3.05, 3.63) is 83.0 Å². The third kappa shape index (κ3) is 4.18. The van der Waals surface area contributed by atoms with E-state index in [0.29, 0.717) is 17.3 Å². The van der Waals surface area contributed by atoms with Crippen LogP contribution >= 0.6 is 11.6 Å². The molecule has 1 N–H and O–H groups in total. The maximum absolute atomic E-state index is 12.1. The van der Waals surface area contributed by atoms with E-state index in [1.165, 1.54) is 0 Å². The number of rotatable bonds is 5. The first-order chi connectivity index (χ1) is 11.7. The lowest BCUT2D eigenvalue weighted by molar-refractivity contribution is 0.0948. The Labute approximate surface area is 145 Å². The summed E-state index contributed by atoms with van der Waals surface area (Å²) in [6, 6.07) is 20.8. The average Bonchev–Trinajstić information content (AvgIpc) is 2.64. The van der Waals surface area contributed by atoms with Crippen molar-refractivity contribution in [3.8, 4) is 11.3 Å². The molecule has 0 spiro atoms. The van der Waals surface area contributed by atoms with Crippen molar-refractivity contribution in [2.24, 2.45) is 0 Å². The molecule has 0 saturated heterocycles. The Bertz CT molecular complexity index is 802. The van der Waals surface area contributed by atoms with Gasteiger partial charge in [-0.2, -0.15) is 0 Å². The molecule has 1 heterocycles. The van der Waals surface area contributed by atoms with Crippen molar-refractivity contribution < 1.29 is 4.79 Å². The molecule has 0 unspecified atom stereocenters. The van der Waals surface area contributed by atoms with Gasteiger partial charge in [-0.05, 0) is 36.2 Å². The SMILES string of the molecule is O=C(NCCc1ccc(Cl)cc1)c1ccc(-c2ccccc2)nn1. The molecule has 4 nitrogen and oxygen atoms in total. The summed E-state index contributed by atoms with van der Waals surface area (Å²) in [6.07, 6.45) is 0.735. The quantitative estimate of drug-likeness (QED) is 0.771. The number of aromatic nitrogens is 2. The molecule has 0 fully saturated rings. The molecule has 0 aliphatic carbocycles. The minimum Gasteiger partial charge on any atom is -0.350 e. The first-order valence-corrected chi connectivity index (χ1v) is 8.02. The zero-order chi connectivity index (χ0) is 16.8. The van der Waals surface area contributed by atoms with Crippen molar-refractivity contribution in [1.82, 2.24) is 15.5 Å². The summed E-state index contributed by atoms with van der Waals surface area (Å²) < 4.78 is 0. The fourth-order valence-electron chi connectivity index (χ4n) is 2.28. The second kappa shape index (κ2) is 7.70. The first kappa shape index (κ1) is 16.1. The Balaban J connectivity index is 1.56. The van der Waals surface area contributed by atoms with Gasteiger partial charge in [0.25, 0.3) is 5.91 Å². The van der Waals surface area contributed by atoms with Gasteiger partial charge in [0.2, 0.25) is 0 Å². The van der Waals surface area contributed by atoms with Crippen LogP contribution < -0.4 is 5.32 Å². The summed E-state index contributed by atoms with van der Waals surface area (Å²) in [7, 11) is 0. The van der Waals surface area contributed by atoms with Gasteiger partial charge in [0.15, 0.2) is 5.69 Å². The molecular weight excluding hydrogens is 322 g/mol. The predicted molar refractivity (Wildman–Crippen MR) is 95.0 cm³/mol. The van der Waals surface area contributed by atoms with Crippen LogP contribution in [-0.4, -0.2) is 22.6 Å². The number of benzene rings is 2. The molecule has 0 radical (unpaired) electrons. The van der Waals surface area contributed by atoms with E-state index in [4.69, 9.17) is 11.6 Å². The predicted octanol–water partition coefficient (Wildman–Crippen LogP) is 3.77. The molecule has 120 valence electrons. The van der Waals surface area contributed by atoms with Crippen LogP contribution in [-0.2, 0) is 6.42 Å². The number of halogens is 1. The van der Waals surface area contributed by atoms with Gasteiger partial charge in [-0.25, -0.2) is 0 Å². The number of carbonyl (C=O) groups is 1. The molecule has 0 saturated carbocycles. The molecule has 3 aromatic rings. The summed E-state index contributed by atoms with van der Waals surface area (Å²) >= 11 is 5.85. The van der Waals surface area contributed by atoms with Crippen LogP contribution in [0.3, 0.4) is 0 Å². The zero-order valence-electron chi connectivity index (χ0n) is 12.9. The lowest BCUT2D eigenvalue weighted by Gasteiger charge is -2.05. The van der Waals surface area contributed by atoms with Crippen molar-refractivity contribution in [2.75, 3.05) is 6.54 Å². The molecule has 24 heavy (non-hydrogen) atoms. The van der Waals surface area contributed by atoms with Gasteiger partial charge < -0.3 is 5.32 Å². The molecule has 5 heteroatoms. The summed E-state index contributed by atoms with van der Waals surface area (Å²) in [4.78, 5) is 12.1. The van der Waals surface area contributed by atoms with Crippen LogP contribution in [0.4, 0.5) is 0 Å². The second-order valence-electron chi connectivity index (χ2n) is 5.30. The monoisotopic (exact) mass is 337 g/mol. The molecular formula is C19H16ClN3O. The van der Waals surface area contributed by atoms with Crippen molar-refractivity contribution >= 4 is 17.5 Å². The fourth-order valence-corrected chi connectivity index (χ4v) is 2.40. The number of amides is 1. The van der Waals surface area contributed by atoms with E-state index in [0.717, 1.165) is 23.2 Å². The van der Waals surface area contributed by atoms with E-state index in [9.17, 15) is 4.79 Å². The lowest BCUT2D eigenvalue weighted by Crippen LogP contribution is -2.26. The number of carbonyl (C=O) groups excluding carboxylic acids is 1. The van der Waals surface area contributed by atoms with Gasteiger partial charge in [0, 0.05) is 17.1 Å². The maximum atomic E-state index is 12.1. The third-order valence-electron chi connectivity index (χ3n) is 3.58. The molecule has 1 amide bonds. The van der Waals surface area contributed by atoms with E-state index < -0.39 is 0 Å². The highest BCUT2D eigenvalue weighted by Gasteiger charge is 2.08. The average molecular weight is 338 g/mol. The van der Waals surface area contributed by atoms with Crippen molar-refractivity contribution in [1.29, 1.82) is 0 Å². The summed E-state index contributed by atoms with van der Waals surface area (Å²) in [5.41, 5.74) is 3.14. The van der Waals surface area contributed by atoms with E-state index >= 15 is 0 Å². The number of hydrogen-bond acceptors (Lipinski definition) is 3. The van der Waals surface area contributed by atoms with E-state index in [1.54, 1.807) is 12.1 Å². The van der Waals surface area contributed by atoms with Gasteiger partial charge in [-0.1, -0.05) is 54.1 Å². The smallest absolute Gasteiger partial charge is 0.271 e.